The van der Waals surface area contributed by atoms with Crippen molar-refractivity contribution in [3.63, 3.8) is 0 Å². The van der Waals surface area contributed by atoms with Gasteiger partial charge in [-0.2, -0.15) is 0 Å². The maximum atomic E-state index is 15.2. The van der Waals surface area contributed by atoms with Gasteiger partial charge < -0.3 is 15.8 Å². The molecule has 4 rings (SSSR count). The van der Waals surface area contributed by atoms with E-state index in [4.69, 9.17) is 22.1 Å². The first-order chi connectivity index (χ1) is 15.5. The summed E-state index contributed by atoms with van der Waals surface area (Å²) >= 11 is 5.93. The van der Waals surface area contributed by atoms with Gasteiger partial charge in [0.25, 0.3) is 5.92 Å². The van der Waals surface area contributed by atoms with E-state index in [1.54, 1.807) is 0 Å². The first-order valence-electron chi connectivity index (χ1n) is 10.1. The molecule has 2 heterocycles. The Balaban J connectivity index is 1.56. The fourth-order valence-electron chi connectivity index (χ4n) is 3.63. The lowest BCUT2D eigenvalue weighted by Gasteiger charge is -2.25. The maximum Gasteiger partial charge on any atom is 0.277 e. The normalized spacial score (nSPS) is 22.5. The third-order valence-corrected chi connectivity index (χ3v) is 7.77. The molecule has 13 heteroatoms. The van der Waals surface area contributed by atoms with Crippen LogP contribution in [0.1, 0.15) is 24.1 Å². The van der Waals surface area contributed by atoms with Crippen LogP contribution >= 0.6 is 11.6 Å². The van der Waals surface area contributed by atoms with Crippen LogP contribution in [-0.2, 0) is 23.0 Å². The molecule has 4 N–H and O–H groups in total. The molecule has 1 aromatic heterocycles. The van der Waals surface area contributed by atoms with Crippen LogP contribution in [0, 0.1) is 11.6 Å². The van der Waals surface area contributed by atoms with Gasteiger partial charge in [-0.1, -0.05) is 23.7 Å². The van der Waals surface area contributed by atoms with E-state index in [2.05, 4.69) is 15.0 Å². The zero-order chi connectivity index (χ0) is 24.0. The number of nitrogens with one attached hydrogen (secondary N) is 2. The Labute approximate surface area is 192 Å². The molecule has 1 aliphatic heterocycles. The van der Waals surface area contributed by atoms with Gasteiger partial charge >= 0.3 is 0 Å². The summed E-state index contributed by atoms with van der Waals surface area (Å²) in [7, 11) is -3.89. The monoisotopic (exact) mass is 508 g/mol. The molecule has 2 aliphatic rings. The van der Waals surface area contributed by atoms with E-state index in [0.717, 1.165) is 6.07 Å². The van der Waals surface area contributed by atoms with Gasteiger partial charge in [-0.25, -0.2) is 35.7 Å². The number of nitrogens with zero attached hydrogens (tertiary/aromatic N) is 1. The Morgan fingerprint density at radius 1 is 1.30 bits per heavy atom. The molecule has 1 aromatic carbocycles. The topological polar surface area (TPSA) is 106 Å². The summed E-state index contributed by atoms with van der Waals surface area (Å²) in [6.45, 7) is -0.980. The fourth-order valence-corrected chi connectivity index (χ4v) is 5.45. The van der Waals surface area contributed by atoms with Gasteiger partial charge in [0.1, 0.15) is 16.9 Å². The lowest BCUT2D eigenvalue weighted by atomic mass is 9.99. The minimum absolute atomic E-state index is 0.00982. The lowest BCUT2D eigenvalue weighted by Crippen LogP contribution is -2.52. The molecule has 1 saturated heterocycles. The van der Waals surface area contributed by atoms with Gasteiger partial charge in [0.2, 0.25) is 15.9 Å². The molecule has 0 radical (unpaired) electrons. The van der Waals surface area contributed by atoms with Crippen LogP contribution in [0.2, 0.25) is 5.02 Å². The second kappa shape index (κ2) is 8.99. The van der Waals surface area contributed by atoms with Crippen LogP contribution in [0.15, 0.2) is 24.3 Å². The summed E-state index contributed by atoms with van der Waals surface area (Å²) in [6, 6.07) is 2.23. The number of nitrogens with two attached hydrogens (primary N) is 1. The molecule has 1 aliphatic carbocycles. The van der Waals surface area contributed by atoms with Crippen molar-refractivity contribution in [2.24, 2.45) is 5.73 Å². The van der Waals surface area contributed by atoms with Crippen LogP contribution in [0.5, 0.6) is 11.6 Å². The number of rotatable bonds is 8. The molecule has 0 unspecified atom stereocenters. The predicted octanol–water partition coefficient (Wildman–Crippen LogP) is 2.86. The van der Waals surface area contributed by atoms with Gasteiger partial charge in [0, 0.05) is 12.6 Å². The van der Waals surface area contributed by atoms with E-state index in [1.807, 2.05) is 0 Å². The van der Waals surface area contributed by atoms with Crippen molar-refractivity contribution >= 4 is 21.6 Å². The summed E-state index contributed by atoms with van der Waals surface area (Å²) in [5.41, 5.74) is 5.30. The van der Waals surface area contributed by atoms with Crippen molar-refractivity contribution in [2.45, 2.75) is 49.1 Å². The van der Waals surface area contributed by atoms with Gasteiger partial charge in [0.15, 0.2) is 11.6 Å². The summed E-state index contributed by atoms with van der Waals surface area (Å²) < 4.78 is 89.7. The predicted molar refractivity (Wildman–Crippen MR) is 113 cm³/mol. The molecule has 7 nitrogen and oxygen atoms in total. The molecular formula is C20H21ClF4N4O3S. The highest BCUT2D eigenvalue weighted by molar-refractivity contribution is 7.90. The zero-order valence-corrected chi connectivity index (χ0v) is 18.7. The van der Waals surface area contributed by atoms with Crippen LogP contribution in [0.3, 0.4) is 0 Å². The van der Waals surface area contributed by atoms with Crippen LogP contribution in [0.25, 0.3) is 0 Å². The molecular weight excluding hydrogens is 488 g/mol. The standard InChI is InChI=1S/C20H21ClF4N4O3S/c21-12-7-13(22)15(8-26)28-19(12)32-16-3-1-2-10(17(16)23)6-14-18(20(24,25)9-27-14)29-33(30,31)11-4-5-11/h1-3,7,11,14,18,27,29H,4-6,8-9,26H2/t14-,18+/m0/s1. The van der Waals surface area contributed by atoms with Crippen molar-refractivity contribution in [1.29, 1.82) is 0 Å². The Morgan fingerprint density at radius 3 is 2.70 bits per heavy atom. The third-order valence-electron chi connectivity index (χ3n) is 5.56. The number of halogens is 5. The minimum atomic E-state index is -3.89. The Morgan fingerprint density at radius 2 is 2.03 bits per heavy atom. The highest BCUT2D eigenvalue weighted by Gasteiger charge is 2.53. The van der Waals surface area contributed by atoms with Gasteiger partial charge in [-0.05, 0) is 37.0 Å². The van der Waals surface area contributed by atoms with Crippen molar-refractivity contribution in [3.8, 4) is 11.6 Å². The number of aromatic nitrogens is 1. The SMILES string of the molecule is NCc1nc(Oc2cccc(C[C@@H]3NCC(F)(F)[C@@H]3NS(=O)(=O)C3CC3)c2F)c(Cl)cc1F. The first kappa shape index (κ1) is 24.1. The van der Waals surface area contributed by atoms with E-state index in [9.17, 15) is 21.6 Å². The van der Waals surface area contributed by atoms with Gasteiger partial charge in [-0.3, -0.25) is 0 Å². The molecule has 2 fully saturated rings. The quantitative estimate of drug-likeness (QED) is 0.473. The third kappa shape index (κ3) is 5.09. The average molecular weight is 509 g/mol. The number of ether oxygens (including phenoxy) is 1. The molecule has 2 aromatic rings. The smallest absolute Gasteiger partial charge is 0.277 e. The van der Waals surface area contributed by atoms with Crippen molar-refractivity contribution in [1.82, 2.24) is 15.0 Å². The summed E-state index contributed by atoms with van der Waals surface area (Å²) in [4.78, 5) is 3.84. The molecule has 180 valence electrons. The number of sulfonamides is 1. The van der Waals surface area contributed by atoms with Crippen LogP contribution in [0.4, 0.5) is 17.6 Å². The summed E-state index contributed by atoms with van der Waals surface area (Å²) in [5.74, 6) is -5.53. The zero-order valence-electron chi connectivity index (χ0n) is 17.1. The Hall–Kier alpha value is -1.99. The first-order valence-corrected chi connectivity index (χ1v) is 12.1. The van der Waals surface area contributed by atoms with E-state index in [-0.39, 0.29) is 40.9 Å². The van der Waals surface area contributed by atoms with Gasteiger partial charge in [0.05, 0.1) is 17.5 Å². The summed E-state index contributed by atoms with van der Waals surface area (Å²) in [6.07, 6.45) is 0.603. The number of hydrogen-bond donors (Lipinski definition) is 3. The van der Waals surface area contributed by atoms with Crippen LogP contribution < -0.4 is 20.5 Å². The maximum absolute atomic E-state index is 15.2. The molecule has 33 heavy (non-hydrogen) atoms. The highest BCUT2D eigenvalue weighted by atomic mass is 35.5. The second-order valence-electron chi connectivity index (χ2n) is 8.03. The largest absolute Gasteiger partial charge is 0.434 e. The highest BCUT2D eigenvalue weighted by Crippen LogP contribution is 2.35. The van der Waals surface area contributed by atoms with Crippen LogP contribution in [-0.4, -0.2) is 43.2 Å². The fraction of sp³-hybridized carbons (Fsp3) is 0.450. The number of alkyl halides is 2. The summed E-state index contributed by atoms with van der Waals surface area (Å²) in [5, 5.41) is 1.70. The second-order valence-corrected chi connectivity index (χ2v) is 10.4. The molecule has 0 spiro atoms. The Bertz CT molecular complexity index is 1160. The molecule has 1 saturated carbocycles. The van der Waals surface area contributed by atoms with Crippen molar-refractivity contribution in [3.05, 3.63) is 52.2 Å². The lowest BCUT2D eigenvalue weighted by molar-refractivity contribution is -0.000907. The van der Waals surface area contributed by atoms with E-state index in [1.165, 1.54) is 18.2 Å². The molecule has 0 bridgehead atoms. The number of hydrogen-bond acceptors (Lipinski definition) is 6. The number of pyridine rings is 1. The van der Waals surface area contributed by atoms with E-state index < -0.39 is 51.5 Å². The van der Waals surface area contributed by atoms with Crippen molar-refractivity contribution < 1.29 is 30.7 Å². The molecule has 0 amide bonds. The minimum Gasteiger partial charge on any atom is -0.434 e. The van der Waals surface area contributed by atoms with Gasteiger partial charge in [-0.15, -0.1) is 0 Å². The van der Waals surface area contributed by atoms with E-state index in [0.29, 0.717) is 12.8 Å². The van der Waals surface area contributed by atoms with E-state index >= 15 is 4.39 Å². The Kier molecular flexibility index (Phi) is 6.58. The van der Waals surface area contributed by atoms with Crippen molar-refractivity contribution in [2.75, 3.05) is 6.54 Å². The molecule has 2 atom stereocenters. The average Bonchev–Trinajstić information content (AvgIpc) is 3.56. The number of benzene rings is 1.